The highest BCUT2D eigenvalue weighted by Gasteiger charge is 2.08. The maximum Gasteiger partial charge on any atom is 0.303 e. The van der Waals surface area contributed by atoms with Gasteiger partial charge in [-0.2, -0.15) is 0 Å². The number of halogens is 1. The van der Waals surface area contributed by atoms with E-state index in [4.69, 9.17) is 0 Å². The summed E-state index contributed by atoms with van der Waals surface area (Å²) >= 11 is 3.35. The summed E-state index contributed by atoms with van der Waals surface area (Å²) in [6.45, 7) is 0.930. The van der Waals surface area contributed by atoms with Crippen LogP contribution in [0.15, 0.2) is 34.9 Å². The maximum atomic E-state index is 11.5. The standard InChI is InChI=1S/C13H11BrN2O3/c1-8(17)19-7-12(18)15-11-6-9-4-2-3-5-10(9)13(14)16-11/h2-6H,7H2,1H3,(H,15,16,18). The largest absolute Gasteiger partial charge is 0.456 e. The highest BCUT2D eigenvalue weighted by Crippen LogP contribution is 2.24. The van der Waals surface area contributed by atoms with Crippen molar-refractivity contribution in [3.05, 3.63) is 34.9 Å². The van der Waals surface area contributed by atoms with E-state index in [1.54, 1.807) is 6.07 Å². The van der Waals surface area contributed by atoms with Crippen LogP contribution in [0.4, 0.5) is 5.82 Å². The molecule has 0 spiro atoms. The van der Waals surface area contributed by atoms with Crippen molar-refractivity contribution in [3.8, 4) is 0 Å². The second-order valence-corrected chi connectivity index (χ2v) is 4.60. The number of fused-ring (bicyclic) bond motifs is 1. The predicted molar refractivity (Wildman–Crippen MR) is 74.7 cm³/mol. The number of pyridine rings is 1. The lowest BCUT2D eigenvalue weighted by atomic mass is 10.2. The normalized spacial score (nSPS) is 10.2. The lowest BCUT2D eigenvalue weighted by Gasteiger charge is -2.07. The van der Waals surface area contributed by atoms with Gasteiger partial charge in [0.2, 0.25) is 0 Å². The van der Waals surface area contributed by atoms with Crippen LogP contribution in [0.1, 0.15) is 6.92 Å². The fourth-order valence-corrected chi connectivity index (χ4v) is 2.12. The Hall–Kier alpha value is -1.95. The molecule has 19 heavy (non-hydrogen) atoms. The molecule has 1 N–H and O–H groups in total. The number of esters is 1. The molecule has 1 heterocycles. The van der Waals surface area contributed by atoms with Gasteiger partial charge in [0.25, 0.3) is 5.91 Å². The van der Waals surface area contributed by atoms with Crippen LogP contribution in [-0.4, -0.2) is 23.5 Å². The molecule has 0 bridgehead atoms. The topological polar surface area (TPSA) is 68.3 Å². The van der Waals surface area contributed by atoms with Crippen molar-refractivity contribution < 1.29 is 14.3 Å². The fraction of sp³-hybridized carbons (Fsp3) is 0.154. The van der Waals surface area contributed by atoms with Crippen LogP contribution >= 0.6 is 15.9 Å². The summed E-state index contributed by atoms with van der Waals surface area (Å²) in [6, 6.07) is 9.42. The third-order valence-corrected chi connectivity index (χ3v) is 2.97. The highest BCUT2D eigenvalue weighted by atomic mass is 79.9. The van der Waals surface area contributed by atoms with Crippen molar-refractivity contribution in [3.63, 3.8) is 0 Å². The molecular weight excluding hydrogens is 312 g/mol. The Labute approximate surface area is 118 Å². The quantitative estimate of drug-likeness (QED) is 0.696. The molecule has 0 unspecified atom stereocenters. The molecule has 0 fully saturated rings. The van der Waals surface area contributed by atoms with Gasteiger partial charge in [-0.3, -0.25) is 9.59 Å². The molecule has 0 atom stereocenters. The summed E-state index contributed by atoms with van der Waals surface area (Å²) in [5, 5.41) is 4.48. The van der Waals surface area contributed by atoms with Gasteiger partial charge >= 0.3 is 5.97 Å². The zero-order chi connectivity index (χ0) is 13.8. The van der Waals surface area contributed by atoms with Crippen LogP contribution < -0.4 is 5.32 Å². The number of carbonyl (C=O) groups is 2. The maximum absolute atomic E-state index is 11.5. The molecule has 0 saturated carbocycles. The van der Waals surface area contributed by atoms with Gasteiger partial charge in [0.1, 0.15) is 10.4 Å². The van der Waals surface area contributed by atoms with Gasteiger partial charge in [-0.25, -0.2) is 4.98 Å². The summed E-state index contributed by atoms with van der Waals surface area (Å²) in [7, 11) is 0. The van der Waals surface area contributed by atoms with Gasteiger partial charge in [-0.15, -0.1) is 0 Å². The van der Waals surface area contributed by atoms with Crippen LogP contribution in [0.2, 0.25) is 0 Å². The second-order valence-electron chi connectivity index (χ2n) is 3.85. The van der Waals surface area contributed by atoms with Gasteiger partial charge in [-0.1, -0.05) is 24.3 Å². The molecule has 98 valence electrons. The summed E-state index contributed by atoms with van der Waals surface area (Å²) in [4.78, 5) is 26.3. The lowest BCUT2D eigenvalue weighted by Crippen LogP contribution is -2.20. The van der Waals surface area contributed by atoms with Gasteiger partial charge in [0.05, 0.1) is 0 Å². The van der Waals surface area contributed by atoms with E-state index >= 15 is 0 Å². The smallest absolute Gasteiger partial charge is 0.303 e. The third-order valence-electron chi connectivity index (χ3n) is 2.37. The molecule has 1 aromatic carbocycles. The van der Waals surface area contributed by atoms with E-state index in [1.165, 1.54) is 6.92 Å². The second kappa shape index (κ2) is 5.79. The van der Waals surface area contributed by atoms with E-state index in [0.717, 1.165) is 10.8 Å². The number of aromatic nitrogens is 1. The lowest BCUT2D eigenvalue weighted by molar-refractivity contribution is -0.144. The number of nitrogens with zero attached hydrogens (tertiary/aromatic N) is 1. The highest BCUT2D eigenvalue weighted by molar-refractivity contribution is 9.10. The monoisotopic (exact) mass is 322 g/mol. The van der Waals surface area contributed by atoms with E-state index in [2.05, 4.69) is 31.0 Å². The SMILES string of the molecule is CC(=O)OCC(=O)Nc1cc2ccccc2c(Br)n1. The summed E-state index contributed by atoms with van der Waals surface area (Å²) in [5.41, 5.74) is 0. The minimum absolute atomic E-state index is 0.318. The minimum Gasteiger partial charge on any atom is -0.456 e. The molecule has 1 amide bonds. The van der Waals surface area contributed by atoms with E-state index in [1.807, 2.05) is 24.3 Å². The Morgan fingerprint density at radius 3 is 2.84 bits per heavy atom. The molecule has 0 aliphatic heterocycles. The van der Waals surface area contributed by atoms with Crippen LogP contribution in [0.25, 0.3) is 10.8 Å². The minimum atomic E-state index is -0.497. The summed E-state index contributed by atoms with van der Waals surface area (Å²) in [6.07, 6.45) is 0. The van der Waals surface area contributed by atoms with Gasteiger partial charge in [-0.05, 0) is 27.4 Å². The molecule has 5 nitrogen and oxygen atoms in total. The van der Waals surface area contributed by atoms with Crippen molar-refractivity contribution in [2.24, 2.45) is 0 Å². The van der Waals surface area contributed by atoms with E-state index in [-0.39, 0.29) is 6.61 Å². The molecule has 0 aliphatic carbocycles. The molecule has 6 heteroatoms. The number of anilines is 1. The average Bonchev–Trinajstić information content (AvgIpc) is 2.36. The predicted octanol–water partition coefficient (Wildman–Crippen LogP) is 2.50. The fourth-order valence-electron chi connectivity index (χ4n) is 1.57. The van der Waals surface area contributed by atoms with Crippen molar-refractivity contribution in [2.75, 3.05) is 11.9 Å². The van der Waals surface area contributed by atoms with Crippen molar-refractivity contribution in [1.29, 1.82) is 0 Å². The first-order chi connectivity index (χ1) is 9.06. The Morgan fingerprint density at radius 1 is 1.37 bits per heavy atom. The van der Waals surface area contributed by atoms with Crippen LogP contribution in [-0.2, 0) is 14.3 Å². The number of hydrogen-bond donors (Lipinski definition) is 1. The number of carbonyl (C=O) groups excluding carboxylic acids is 2. The van der Waals surface area contributed by atoms with E-state index < -0.39 is 11.9 Å². The first-order valence-electron chi connectivity index (χ1n) is 5.55. The first kappa shape index (κ1) is 13.5. The number of benzene rings is 1. The molecule has 0 radical (unpaired) electrons. The zero-order valence-corrected chi connectivity index (χ0v) is 11.7. The number of nitrogens with one attached hydrogen (secondary N) is 1. The van der Waals surface area contributed by atoms with Crippen LogP contribution in [0, 0.1) is 0 Å². The van der Waals surface area contributed by atoms with Gasteiger partial charge < -0.3 is 10.1 Å². The van der Waals surface area contributed by atoms with E-state index in [9.17, 15) is 9.59 Å². The van der Waals surface area contributed by atoms with Gasteiger partial charge in [0.15, 0.2) is 6.61 Å². The molecule has 2 aromatic rings. The van der Waals surface area contributed by atoms with Crippen molar-refractivity contribution in [1.82, 2.24) is 4.98 Å². The Kier molecular flexibility index (Phi) is 4.11. The van der Waals surface area contributed by atoms with Crippen molar-refractivity contribution in [2.45, 2.75) is 6.92 Å². The van der Waals surface area contributed by atoms with E-state index in [0.29, 0.717) is 10.4 Å². The average molecular weight is 323 g/mol. The number of hydrogen-bond acceptors (Lipinski definition) is 4. The number of amides is 1. The van der Waals surface area contributed by atoms with Crippen molar-refractivity contribution >= 4 is 44.4 Å². The number of rotatable bonds is 3. The Balaban J connectivity index is 2.17. The Morgan fingerprint density at radius 2 is 2.11 bits per heavy atom. The summed E-state index contributed by atoms with van der Waals surface area (Å²) in [5.74, 6) is -0.518. The molecule has 0 aliphatic rings. The first-order valence-corrected chi connectivity index (χ1v) is 6.34. The molecule has 2 rings (SSSR count). The molecular formula is C13H11BrN2O3. The number of ether oxygens (including phenoxy) is 1. The third kappa shape index (κ3) is 3.51. The Bertz CT molecular complexity index is 643. The summed E-state index contributed by atoms with van der Waals surface area (Å²) < 4.78 is 5.25. The molecule has 1 aromatic heterocycles. The van der Waals surface area contributed by atoms with Crippen LogP contribution in [0.3, 0.4) is 0 Å². The van der Waals surface area contributed by atoms with Crippen LogP contribution in [0.5, 0.6) is 0 Å². The van der Waals surface area contributed by atoms with Gasteiger partial charge in [0, 0.05) is 12.3 Å². The zero-order valence-electron chi connectivity index (χ0n) is 10.1. The molecule has 0 saturated heterocycles.